The molecule has 0 radical (unpaired) electrons. The van der Waals surface area contributed by atoms with E-state index < -0.39 is 15.9 Å². The molecule has 0 N–H and O–H groups in total. The minimum atomic E-state index is -3.72. The van der Waals surface area contributed by atoms with Crippen LogP contribution in [0.5, 0.6) is 0 Å². The summed E-state index contributed by atoms with van der Waals surface area (Å²) in [5.74, 6) is -0.403. The third-order valence-electron chi connectivity index (χ3n) is 2.28. The van der Waals surface area contributed by atoms with Crippen LogP contribution in [-0.4, -0.2) is 15.5 Å². The largest absolute Gasteiger partial charge is 0.296 e. The molecule has 16 heavy (non-hydrogen) atoms. The molecule has 5 heteroatoms. The average Bonchev–Trinajstić information content (AvgIpc) is 2.28. The highest BCUT2D eigenvalue weighted by molar-refractivity contribution is 7.86. The van der Waals surface area contributed by atoms with E-state index >= 15 is 0 Å². The van der Waals surface area contributed by atoms with E-state index in [2.05, 4.69) is 4.18 Å². The maximum absolute atomic E-state index is 13.0. The lowest BCUT2D eigenvalue weighted by molar-refractivity contribution is 0.398. The molecule has 0 fully saturated rings. The topological polar surface area (TPSA) is 43.4 Å². The molecule has 2 rings (SSSR count). The minimum absolute atomic E-state index is 0.0214. The molecule has 0 bridgehead atoms. The zero-order valence-corrected chi connectivity index (χ0v) is 9.29. The zero-order chi connectivity index (χ0) is 11.8. The van der Waals surface area contributed by atoms with Gasteiger partial charge in [0.25, 0.3) is 10.1 Å². The van der Waals surface area contributed by atoms with Gasteiger partial charge in [0, 0.05) is 0 Å². The Morgan fingerprint density at radius 3 is 2.44 bits per heavy atom. The van der Waals surface area contributed by atoms with Gasteiger partial charge >= 0.3 is 0 Å². The Hall–Kier alpha value is -1.46. The molecule has 0 aliphatic rings. The van der Waals surface area contributed by atoms with Crippen molar-refractivity contribution in [1.29, 1.82) is 0 Å². The van der Waals surface area contributed by atoms with E-state index in [4.69, 9.17) is 0 Å². The summed E-state index contributed by atoms with van der Waals surface area (Å²) >= 11 is 0. The van der Waals surface area contributed by atoms with Crippen LogP contribution >= 0.6 is 0 Å². The van der Waals surface area contributed by atoms with Crippen molar-refractivity contribution in [2.45, 2.75) is 4.90 Å². The van der Waals surface area contributed by atoms with Gasteiger partial charge in [-0.2, -0.15) is 8.42 Å². The molecule has 0 saturated carbocycles. The first-order valence-electron chi connectivity index (χ1n) is 4.53. The Bertz CT molecular complexity index is 635. The van der Waals surface area contributed by atoms with Gasteiger partial charge in [-0.3, -0.25) is 4.18 Å². The van der Waals surface area contributed by atoms with E-state index in [-0.39, 0.29) is 4.90 Å². The predicted molar refractivity (Wildman–Crippen MR) is 58.1 cm³/mol. The third kappa shape index (κ3) is 1.91. The van der Waals surface area contributed by atoms with Crippen molar-refractivity contribution in [2.24, 2.45) is 0 Å². The van der Waals surface area contributed by atoms with Crippen LogP contribution in [0.4, 0.5) is 4.39 Å². The number of halogens is 1. The van der Waals surface area contributed by atoms with Crippen molar-refractivity contribution in [3.05, 3.63) is 42.2 Å². The summed E-state index contributed by atoms with van der Waals surface area (Å²) in [6, 6.07) is 8.63. The lowest BCUT2D eigenvalue weighted by atomic mass is 10.1. The molecule has 0 unspecified atom stereocenters. The normalized spacial score (nSPS) is 11.9. The molecule has 2 aromatic rings. The van der Waals surface area contributed by atoms with Crippen LogP contribution in [0, 0.1) is 5.82 Å². The van der Waals surface area contributed by atoms with Gasteiger partial charge in [0.1, 0.15) is 5.82 Å². The molecule has 0 aromatic heterocycles. The SMILES string of the molecule is COS(=O)(=O)c1ccc2ccc(F)cc2c1. The summed E-state index contributed by atoms with van der Waals surface area (Å²) in [7, 11) is -2.64. The predicted octanol–water partition coefficient (Wildman–Crippen LogP) is 2.31. The average molecular weight is 240 g/mol. The highest BCUT2D eigenvalue weighted by Gasteiger charge is 2.13. The van der Waals surface area contributed by atoms with Gasteiger partial charge in [0.15, 0.2) is 0 Å². The summed E-state index contributed by atoms with van der Waals surface area (Å²) in [5.41, 5.74) is 0. The van der Waals surface area contributed by atoms with Crippen LogP contribution in [0.2, 0.25) is 0 Å². The van der Waals surface area contributed by atoms with E-state index in [1.54, 1.807) is 12.1 Å². The summed E-state index contributed by atoms with van der Waals surface area (Å²) in [5, 5.41) is 1.30. The van der Waals surface area contributed by atoms with E-state index in [9.17, 15) is 12.8 Å². The van der Waals surface area contributed by atoms with E-state index in [0.717, 1.165) is 12.5 Å². The van der Waals surface area contributed by atoms with Crippen LogP contribution in [0.3, 0.4) is 0 Å². The van der Waals surface area contributed by atoms with Gasteiger partial charge in [-0.05, 0) is 35.0 Å². The van der Waals surface area contributed by atoms with Crippen molar-refractivity contribution in [2.75, 3.05) is 7.11 Å². The quantitative estimate of drug-likeness (QED) is 0.756. The molecule has 0 atom stereocenters. The second kappa shape index (κ2) is 3.84. The Balaban J connectivity index is 2.68. The van der Waals surface area contributed by atoms with Crippen LogP contribution in [0.1, 0.15) is 0 Å². The van der Waals surface area contributed by atoms with Gasteiger partial charge in [-0.25, -0.2) is 4.39 Å². The number of benzene rings is 2. The third-order valence-corrected chi connectivity index (χ3v) is 3.55. The maximum atomic E-state index is 13.0. The highest BCUT2D eigenvalue weighted by Crippen LogP contribution is 2.20. The zero-order valence-electron chi connectivity index (χ0n) is 8.48. The van der Waals surface area contributed by atoms with Gasteiger partial charge in [0.05, 0.1) is 12.0 Å². The molecule has 0 heterocycles. The molecule has 0 amide bonds. The van der Waals surface area contributed by atoms with Gasteiger partial charge in [-0.1, -0.05) is 12.1 Å². The fourth-order valence-electron chi connectivity index (χ4n) is 1.45. The molecule has 84 valence electrons. The monoisotopic (exact) mass is 240 g/mol. The summed E-state index contributed by atoms with van der Waals surface area (Å²) in [6.07, 6.45) is 0. The van der Waals surface area contributed by atoms with Gasteiger partial charge < -0.3 is 0 Å². The smallest absolute Gasteiger partial charge is 0.270 e. The summed E-state index contributed by atoms with van der Waals surface area (Å²) in [4.78, 5) is 0.0214. The number of rotatable bonds is 2. The van der Waals surface area contributed by atoms with Crippen LogP contribution in [0.15, 0.2) is 41.3 Å². The lowest BCUT2D eigenvalue weighted by Crippen LogP contribution is -2.02. The van der Waals surface area contributed by atoms with E-state index in [1.165, 1.54) is 24.3 Å². The summed E-state index contributed by atoms with van der Waals surface area (Å²) < 4.78 is 40.2. The standard InChI is InChI=1S/C11H9FO3S/c1-15-16(13,14)11-5-3-8-2-4-10(12)6-9(8)7-11/h2-7H,1H3. The Labute approximate surface area is 92.6 Å². The van der Waals surface area contributed by atoms with E-state index in [0.29, 0.717) is 5.39 Å². The van der Waals surface area contributed by atoms with Crippen molar-refractivity contribution >= 4 is 20.9 Å². The molecule has 3 nitrogen and oxygen atoms in total. The Kier molecular flexibility index (Phi) is 2.65. The number of hydrogen-bond donors (Lipinski definition) is 0. The lowest BCUT2D eigenvalue weighted by Gasteiger charge is -2.03. The van der Waals surface area contributed by atoms with Gasteiger partial charge in [0.2, 0.25) is 0 Å². The van der Waals surface area contributed by atoms with Crippen LogP contribution in [-0.2, 0) is 14.3 Å². The molecule has 0 aliphatic carbocycles. The van der Waals surface area contributed by atoms with Crippen LogP contribution < -0.4 is 0 Å². The first-order valence-corrected chi connectivity index (χ1v) is 5.94. The molecule has 2 aromatic carbocycles. The van der Waals surface area contributed by atoms with Crippen molar-refractivity contribution in [1.82, 2.24) is 0 Å². The van der Waals surface area contributed by atoms with Crippen molar-refractivity contribution < 1.29 is 17.0 Å². The maximum Gasteiger partial charge on any atom is 0.296 e. The molecule has 0 saturated heterocycles. The van der Waals surface area contributed by atoms with Crippen molar-refractivity contribution in [3.8, 4) is 0 Å². The highest BCUT2D eigenvalue weighted by atomic mass is 32.2. The second-order valence-corrected chi connectivity index (χ2v) is 4.99. The Morgan fingerprint density at radius 1 is 1.06 bits per heavy atom. The fourth-order valence-corrected chi connectivity index (χ4v) is 2.15. The van der Waals surface area contributed by atoms with Crippen molar-refractivity contribution in [3.63, 3.8) is 0 Å². The summed E-state index contributed by atoms with van der Waals surface area (Å²) in [6.45, 7) is 0. The minimum Gasteiger partial charge on any atom is -0.270 e. The second-order valence-electron chi connectivity index (χ2n) is 3.27. The molecule has 0 spiro atoms. The first-order chi connectivity index (χ1) is 7.53. The van der Waals surface area contributed by atoms with E-state index in [1.807, 2.05) is 0 Å². The molecular formula is C11H9FO3S. The Morgan fingerprint density at radius 2 is 1.75 bits per heavy atom. The number of hydrogen-bond acceptors (Lipinski definition) is 3. The molecule has 0 aliphatic heterocycles. The number of fused-ring (bicyclic) bond motifs is 1. The fraction of sp³-hybridized carbons (Fsp3) is 0.0909. The molecular weight excluding hydrogens is 231 g/mol. The van der Waals surface area contributed by atoms with Crippen LogP contribution in [0.25, 0.3) is 10.8 Å². The van der Waals surface area contributed by atoms with Gasteiger partial charge in [-0.15, -0.1) is 0 Å². The first kappa shape index (κ1) is 11.0.